The highest BCUT2D eigenvalue weighted by Gasteiger charge is 2.29. The number of hydrogen-bond acceptors (Lipinski definition) is 4. The second kappa shape index (κ2) is 3.82. The van der Waals surface area contributed by atoms with Crippen LogP contribution in [0.3, 0.4) is 0 Å². The van der Waals surface area contributed by atoms with Crippen LogP contribution in [0.25, 0.3) is 0 Å². The molecule has 1 fully saturated rings. The lowest BCUT2D eigenvalue weighted by molar-refractivity contribution is 0.0515. The lowest BCUT2D eigenvalue weighted by atomic mass is 9.83. The van der Waals surface area contributed by atoms with E-state index in [1.165, 1.54) is 12.8 Å². The molecule has 0 spiro atoms. The number of nitrogens with zero attached hydrogens (tertiary/aromatic N) is 1. The summed E-state index contributed by atoms with van der Waals surface area (Å²) in [5.74, 6) is 0.703. The molecule has 1 aromatic heterocycles. The van der Waals surface area contributed by atoms with Crippen LogP contribution in [-0.4, -0.2) is 17.6 Å². The zero-order valence-electron chi connectivity index (χ0n) is 8.16. The van der Waals surface area contributed by atoms with Crippen molar-refractivity contribution in [3.63, 3.8) is 0 Å². The summed E-state index contributed by atoms with van der Waals surface area (Å²) in [7, 11) is 0. The fourth-order valence-electron chi connectivity index (χ4n) is 1.57. The Bertz CT molecular complexity index is 328. The molecule has 0 radical (unpaired) electrons. The van der Waals surface area contributed by atoms with E-state index in [0.29, 0.717) is 24.0 Å². The lowest BCUT2D eigenvalue weighted by Gasteiger charge is -2.23. The average molecular weight is 195 g/mol. The van der Waals surface area contributed by atoms with E-state index in [-0.39, 0.29) is 5.97 Å². The second-order valence-electron chi connectivity index (χ2n) is 3.41. The molecule has 1 aromatic rings. The van der Waals surface area contributed by atoms with E-state index in [4.69, 9.17) is 9.15 Å². The Morgan fingerprint density at radius 2 is 2.50 bits per heavy atom. The minimum absolute atomic E-state index is 0.358. The topological polar surface area (TPSA) is 52.3 Å². The predicted octanol–water partition coefficient (Wildman–Crippen LogP) is 2.12. The largest absolute Gasteiger partial charge is 0.461 e. The first-order valence-corrected chi connectivity index (χ1v) is 4.93. The number of carbonyl (C=O) groups excluding carboxylic acids is 1. The number of ether oxygens (including phenoxy) is 1. The number of aromatic nitrogens is 1. The lowest BCUT2D eigenvalue weighted by Crippen LogP contribution is -2.14. The minimum Gasteiger partial charge on any atom is -0.461 e. The van der Waals surface area contributed by atoms with Crippen molar-refractivity contribution in [1.82, 2.24) is 4.98 Å². The summed E-state index contributed by atoms with van der Waals surface area (Å²) in [4.78, 5) is 15.3. The number of esters is 1. The van der Waals surface area contributed by atoms with E-state index in [0.717, 1.165) is 12.8 Å². The average Bonchev–Trinajstić information content (AvgIpc) is 2.50. The molecule has 1 aliphatic carbocycles. The highest BCUT2D eigenvalue weighted by atomic mass is 16.5. The minimum atomic E-state index is -0.372. The normalized spacial score (nSPS) is 16.4. The summed E-state index contributed by atoms with van der Waals surface area (Å²) >= 11 is 0. The van der Waals surface area contributed by atoms with Gasteiger partial charge in [0, 0.05) is 5.92 Å². The Labute approximate surface area is 82.3 Å². The van der Waals surface area contributed by atoms with Crippen molar-refractivity contribution in [2.75, 3.05) is 6.61 Å². The van der Waals surface area contributed by atoms with Crippen LogP contribution in [0.4, 0.5) is 0 Å². The third-order valence-electron chi connectivity index (χ3n) is 2.54. The number of carbonyl (C=O) groups is 1. The van der Waals surface area contributed by atoms with Crippen molar-refractivity contribution in [3.8, 4) is 0 Å². The molecule has 0 unspecified atom stereocenters. The Balaban J connectivity index is 2.16. The van der Waals surface area contributed by atoms with E-state index < -0.39 is 0 Å². The molecule has 0 aliphatic heterocycles. The predicted molar refractivity (Wildman–Crippen MR) is 49.1 cm³/mol. The molecule has 0 amide bonds. The molecule has 0 saturated heterocycles. The van der Waals surface area contributed by atoms with Gasteiger partial charge in [-0.2, -0.15) is 0 Å². The van der Waals surface area contributed by atoms with E-state index in [1.54, 1.807) is 6.92 Å². The molecule has 0 atom stereocenters. The van der Waals surface area contributed by atoms with Gasteiger partial charge in [0.15, 0.2) is 12.1 Å². The molecule has 0 N–H and O–H groups in total. The van der Waals surface area contributed by atoms with E-state index in [2.05, 4.69) is 4.98 Å². The fraction of sp³-hybridized carbons (Fsp3) is 0.600. The van der Waals surface area contributed by atoms with Crippen LogP contribution in [0, 0.1) is 0 Å². The van der Waals surface area contributed by atoms with Gasteiger partial charge in [0.05, 0.1) is 6.61 Å². The first-order valence-electron chi connectivity index (χ1n) is 4.93. The molecule has 1 heterocycles. The van der Waals surface area contributed by atoms with Gasteiger partial charge in [-0.15, -0.1) is 0 Å². The number of rotatable bonds is 3. The zero-order valence-corrected chi connectivity index (χ0v) is 8.16. The summed E-state index contributed by atoms with van der Waals surface area (Å²) in [5, 5.41) is 0. The first-order chi connectivity index (χ1) is 6.83. The van der Waals surface area contributed by atoms with Crippen LogP contribution in [0.2, 0.25) is 0 Å². The Hall–Kier alpha value is -1.32. The zero-order chi connectivity index (χ0) is 9.97. The van der Waals surface area contributed by atoms with Gasteiger partial charge in [-0.3, -0.25) is 0 Å². The van der Waals surface area contributed by atoms with Crippen LogP contribution in [0.5, 0.6) is 0 Å². The molecule has 0 bridgehead atoms. The van der Waals surface area contributed by atoms with Gasteiger partial charge in [-0.25, -0.2) is 9.78 Å². The maximum atomic E-state index is 11.4. The number of hydrogen-bond donors (Lipinski definition) is 0. The smallest absolute Gasteiger partial charge is 0.360 e. The first kappa shape index (κ1) is 9.24. The molecule has 4 heteroatoms. The standard InChI is InChI=1S/C10H13NO3/c1-2-13-10(12)8-9(14-6-11-8)7-4-3-5-7/h6-7H,2-5H2,1H3. The molecule has 4 nitrogen and oxygen atoms in total. The number of oxazole rings is 1. The molecular formula is C10H13NO3. The van der Waals surface area contributed by atoms with Crippen molar-refractivity contribution in [3.05, 3.63) is 17.8 Å². The molecule has 0 aromatic carbocycles. The van der Waals surface area contributed by atoms with E-state index >= 15 is 0 Å². The van der Waals surface area contributed by atoms with Crippen molar-refractivity contribution < 1.29 is 13.9 Å². The molecule has 76 valence electrons. The maximum Gasteiger partial charge on any atom is 0.360 e. The summed E-state index contributed by atoms with van der Waals surface area (Å²) in [6, 6.07) is 0. The SMILES string of the molecule is CCOC(=O)c1ncoc1C1CCC1. The van der Waals surface area contributed by atoms with Gasteiger partial charge < -0.3 is 9.15 Å². The van der Waals surface area contributed by atoms with Crippen LogP contribution < -0.4 is 0 Å². The quantitative estimate of drug-likeness (QED) is 0.693. The summed E-state index contributed by atoms with van der Waals surface area (Å²) in [6.07, 6.45) is 4.69. The van der Waals surface area contributed by atoms with Crippen LogP contribution >= 0.6 is 0 Å². The Morgan fingerprint density at radius 1 is 1.71 bits per heavy atom. The van der Waals surface area contributed by atoms with Crippen molar-refractivity contribution in [1.29, 1.82) is 0 Å². The van der Waals surface area contributed by atoms with Crippen LogP contribution in [-0.2, 0) is 4.74 Å². The second-order valence-corrected chi connectivity index (χ2v) is 3.41. The Morgan fingerprint density at radius 3 is 3.07 bits per heavy atom. The highest BCUT2D eigenvalue weighted by Crippen LogP contribution is 2.37. The molecular weight excluding hydrogens is 182 g/mol. The highest BCUT2D eigenvalue weighted by molar-refractivity contribution is 5.88. The van der Waals surface area contributed by atoms with Crippen molar-refractivity contribution >= 4 is 5.97 Å². The third kappa shape index (κ3) is 1.52. The van der Waals surface area contributed by atoms with Gasteiger partial charge in [-0.1, -0.05) is 6.42 Å². The third-order valence-corrected chi connectivity index (χ3v) is 2.54. The van der Waals surface area contributed by atoms with Crippen LogP contribution in [0.1, 0.15) is 48.4 Å². The Kier molecular flexibility index (Phi) is 2.52. The van der Waals surface area contributed by atoms with Gasteiger partial charge in [0.2, 0.25) is 0 Å². The molecule has 2 rings (SSSR count). The van der Waals surface area contributed by atoms with Crippen molar-refractivity contribution in [2.45, 2.75) is 32.1 Å². The van der Waals surface area contributed by atoms with Gasteiger partial charge >= 0.3 is 5.97 Å². The maximum absolute atomic E-state index is 11.4. The van der Waals surface area contributed by atoms with Crippen LogP contribution in [0.15, 0.2) is 10.8 Å². The van der Waals surface area contributed by atoms with Gasteiger partial charge in [0.1, 0.15) is 5.76 Å². The van der Waals surface area contributed by atoms with Crippen molar-refractivity contribution in [2.24, 2.45) is 0 Å². The molecule has 14 heavy (non-hydrogen) atoms. The summed E-state index contributed by atoms with van der Waals surface area (Å²) in [5.41, 5.74) is 0.358. The summed E-state index contributed by atoms with van der Waals surface area (Å²) < 4.78 is 10.1. The van der Waals surface area contributed by atoms with E-state index in [9.17, 15) is 4.79 Å². The summed E-state index contributed by atoms with van der Waals surface area (Å²) in [6.45, 7) is 2.15. The fourth-order valence-corrected chi connectivity index (χ4v) is 1.57. The van der Waals surface area contributed by atoms with Gasteiger partial charge in [-0.05, 0) is 19.8 Å². The monoisotopic (exact) mass is 195 g/mol. The van der Waals surface area contributed by atoms with E-state index in [1.807, 2.05) is 0 Å². The van der Waals surface area contributed by atoms with Gasteiger partial charge in [0.25, 0.3) is 0 Å². The molecule has 1 aliphatic rings. The molecule has 1 saturated carbocycles.